The molecule has 0 saturated heterocycles. The third-order valence-electron chi connectivity index (χ3n) is 4.25. The maximum absolute atomic E-state index is 11.9. The molecular formula is C18H21NO2. The van der Waals surface area contributed by atoms with Gasteiger partial charge < -0.3 is 4.74 Å². The third kappa shape index (κ3) is 3.07. The Kier molecular flexibility index (Phi) is 3.91. The van der Waals surface area contributed by atoms with Crippen molar-refractivity contribution in [2.75, 3.05) is 0 Å². The smallest absolute Gasteiger partial charge is 0.363 e. The van der Waals surface area contributed by atoms with Gasteiger partial charge in [-0.25, -0.2) is 9.79 Å². The van der Waals surface area contributed by atoms with Crippen LogP contribution in [0.1, 0.15) is 56.6 Å². The van der Waals surface area contributed by atoms with Gasteiger partial charge in [-0.3, -0.25) is 0 Å². The Morgan fingerprint density at radius 2 is 1.86 bits per heavy atom. The second-order valence-corrected chi connectivity index (χ2v) is 6.17. The number of carbonyl (C=O) groups excluding carboxylic acids is 1. The van der Waals surface area contributed by atoms with Crippen LogP contribution in [-0.4, -0.2) is 11.9 Å². The quantitative estimate of drug-likeness (QED) is 0.613. The second kappa shape index (κ2) is 5.84. The fourth-order valence-corrected chi connectivity index (χ4v) is 2.91. The fourth-order valence-electron chi connectivity index (χ4n) is 2.91. The summed E-state index contributed by atoms with van der Waals surface area (Å²) >= 11 is 0. The minimum atomic E-state index is -0.315. The van der Waals surface area contributed by atoms with Crippen molar-refractivity contribution < 1.29 is 9.53 Å². The average Bonchev–Trinajstić information content (AvgIpc) is 3.10. The van der Waals surface area contributed by atoms with Gasteiger partial charge in [0.1, 0.15) is 0 Å². The van der Waals surface area contributed by atoms with E-state index in [0.717, 1.165) is 18.4 Å². The summed E-state index contributed by atoms with van der Waals surface area (Å²) in [5.74, 6) is 1.16. The van der Waals surface area contributed by atoms with Crippen molar-refractivity contribution in [1.29, 1.82) is 0 Å². The molecule has 0 spiro atoms. The summed E-state index contributed by atoms with van der Waals surface area (Å²) in [6.45, 7) is 4.33. The predicted molar refractivity (Wildman–Crippen MR) is 84.0 cm³/mol. The number of cyclic esters (lactones) is 1. The van der Waals surface area contributed by atoms with E-state index in [1.807, 2.05) is 18.2 Å². The van der Waals surface area contributed by atoms with Gasteiger partial charge in [-0.05, 0) is 36.0 Å². The molecule has 1 fully saturated rings. The minimum Gasteiger partial charge on any atom is -0.406 e. The Morgan fingerprint density at radius 3 is 2.48 bits per heavy atom. The van der Waals surface area contributed by atoms with Crippen LogP contribution in [0.4, 0.5) is 0 Å². The molecule has 1 aliphatic heterocycles. The zero-order valence-corrected chi connectivity index (χ0v) is 12.6. The number of carbonyl (C=O) groups is 1. The maximum Gasteiger partial charge on any atom is 0.363 e. The lowest BCUT2D eigenvalue weighted by Crippen LogP contribution is -2.12. The summed E-state index contributed by atoms with van der Waals surface area (Å²) in [6.07, 6.45) is 6.40. The van der Waals surface area contributed by atoms with Crippen LogP contribution >= 0.6 is 0 Å². The van der Waals surface area contributed by atoms with Crippen molar-refractivity contribution in [3.8, 4) is 0 Å². The average molecular weight is 283 g/mol. The lowest BCUT2D eigenvalue weighted by molar-refractivity contribution is -0.130. The van der Waals surface area contributed by atoms with Crippen molar-refractivity contribution in [1.82, 2.24) is 0 Å². The summed E-state index contributed by atoms with van der Waals surface area (Å²) in [6, 6.07) is 8.25. The molecular weight excluding hydrogens is 262 g/mol. The van der Waals surface area contributed by atoms with Gasteiger partial charge in [0.25, 0.3) is 0 Å². The number of hydrogen-bond donors (Lipinski definition) is 0. The normalized spacial score (nSPS) is 21.2. The van der Waals surface area contributed by atoms with E-state index < -0.39 is 0 Å². The summed E-state index contributed by atoms with van der Waals surface area (Å²) in [7, 11) is 0. The molecule has 0 bridgehead atoms. The monoisotopic (exact) mass is 283 g/mol. The highest BCUT2D eigenvalue weighted by molar-refractivity contribution is 6.07. The van der Waals surface area contributed by atoms with E-state index >= 15 is 0 Å². The zero-order chi connectivity index (χ0) is 14.8. The van der Waals surface area contributed by atoms with Crippen LogP contribution < -0.4 is 0 Å². The SMILES string of the molecule is CC(C)c1ccc(/C=C2/N=C(C3CCCC3)OC2=O)cc1. The molecule has 0 amide bonds. The molecule has 1 heterocycles. The first-order valence-corrected chi connectivity index (χ1v) is 7.76. The summed E-state index contributed by atoms with van der Waals surface area (Å²) < 4.78 is 5.33. The van der Waals surface area contributed by atoms with E-state index in [4.69, 9.17) is 4.74 Å². The Morgan fingerprint density at radius 1 is 1.19 bits per heavy atom. The second-order valence-electron chi connectivity index (χ2n) is 6.17. The number of nitrogens with zero attached hydrogens (tertiary/aromatic N) is 1. The van der Waals surface area contributed by atoms with Gasteiger partial charge in [-0.15, -0.1) is 0 Å². The topological polar surface area (TPSA) is 38.7 Å². The number of aliphatic imine (C=N–C) groups is 1. The molecule has 0 radical (unpaired) electrons. The van der Waals surface area contributed by atoms with Crippen LogP contribution in [0.3, 0.4) is 0 Å². The molecule has 1 aromatic carbocycles. The molecule has 0 N–H and O–H groups in total. The lowest BCUT2D eigenvalue weighted by Gasteiger charge is -2.05. The first-order chi connectivity index (χ1) is 10.1. The van der Waals surface area contributed by atoms with Crippen LogP contribution in [0.2, 0.25) is 0 Å². The largest absolute Gasteiger partial charge is 0.406 e. The molecule has 1 saturated carbocycles. The molecule has 3 nitrogen and oxygen atoms in total. The molecule has 110 valence electrons. The first-order valence-electron chi connectivity index (χ1n) is 7.76. The van der Waals surface area contributed by atoms with Crippen molar-refractivity contribution in [2.24, 2.45) is 10.9 Å². The van der Waals surface area contributed by atoms with Gasteiger partial charge in [-0.2, -0.15) is 0 Å². The molecule has 3 rings (SSSR count). The van der Waals surface area contributed by atoms with Crippen LogP contribution in [0.25, 0.3) is 6.08 Å². The van der Waals surface area contributed by atoms with Crippen molar-refractivity contribution >= 4 is 17.9 Å². The highest BCUT2D eigenvalue weighted by atomic mass is 16.6. The van der Waals surface area contributed by atoms with Crippen LogP contribution in [0, 0.1) is 5.92 Å². The van der Waals surface area contributed by atoms with Crippen molar-refractivity contribution in [3.63, 3.8) is 0 Å². The number of ether oxygens (including phenoxy) is 1. The van der Waals surface area contributed by atoms with Gasteiger partial charge in [0.15, 0.2) is 5.70 Å². The van der Waals surface area contributed by atoms with Crippen LogP contribution in [0.15, 0.2) is 35.0 Å². The molecule has 1 aromatic rings. The number of rotatable bonds is 3. The van der Waals surface area contributed by atoms with E-state index in [0.29, 0.717) is 23.4 Å². The van der Waals surface area contributed by atoms with E-state index in [2.05, 4.69) is 31.0 Å². The fraction of sp³-hybridized carbons (Fsp3) is 0.444. The van der Waals surface area contributed by atoms with Gasteiger partial charge >= 0.3 is 5.97 Å². The van der Waals surface area contributed by atoms with E-state index in [1.54, 1.807) is 0 Å². The van der Waals surface area contributed by atoms with Crippen LogP contribution in [0.5, 0.6) is 0 Å². The molecule has 0 atom stereocenters. The molecule has 3 heteroatoms. The summed E-state index contributed by atoms with van der Waals surface area (Å²) in [5, 5.41) is 0. The summed E-state index contributed by atoms with van der Waals surface area (Å²) in [4.78, 5) is 16.3. The van der Waals surface area contributed by atoms with Gasteiger partial charge in [0, 0.05) is 5.92 Å². The maximum atomic E-state index is 11.9. The van der Waals surface area contributed by atoms with E-state index in [1.165, 1.54) is 18.4 Å². The number of hydrogen-bond acceptors (Lipinski definition) is 3. The number of benzene rings is 1. The predicted octanol–water partition coefficient (Wildman–Crippen LogP) is 4.30. The van der Waals surface area contributed by atoms with E-state index in [9.17, 15) is 4.79 Å². The van der Waals surface area contributed by atoms with Crippen molar-refractivity contribution in [3.05, 3.63) is 41.1 Å². The first kappa shape index (κ1) is 14.1. The van der Waals surface area contributed by atoms with Gasteiger partial charge in [-0.1, -0.05) is 51.0 Å². The molecule has 21 heavy (non-hydrogen) atoms. The lowest BCUT2D eigenvalue weighted by atomic mass is 10.0. The minimum absolute atomic E-state index is 0.315. The Balaban J connectivity index is 1.80. The summed E-state index contributed by atoms with van der Waals surface area (Å²) in [5.41, 5.74) is 2.71. The highest BCUT2D eigenvalue weighted by Gasteiger charge is 2.30. The Bertz CT molecular complexity index is 590. The van der Waals surface area contributed by atoms with Gasteiger partial charge in [0.05, 0.1) is 0 Å². The van der Waals surface area contributed by atoms with Crippen molar-refractivity contribution in [2.45, 2.75) is 45.4 Å². The zero-order valence-electron chi connectivity index (χ0n) is 12.6. The molecule has 0 aromatic heterocycles. The Labute approximate surface area is 125 Å². The molecule has 2 aliphatic rings. The standard InChI is InChI=1S/C18H21NO2/c1-12(2)14-9-7-13(8-10-14)11-16-18(20)21-17(19-16)15-5-3-4-6-15/h7-12,15H,3-6H2,1-2H3/b16-11+. The molecule has 1 aliphatic carbocycles. The molecule has 0 unspecified atom stereocenters. The van der Waals surface area contributed by atoms with Gasteiger partial charge in [0.2, 0.25) is 5.90 Å². The third-order valence-corrected chi connectivity index (χ3v) is 4.25. The van der Waals surface area contributed by atoms with E-state index in [-0.39, 0.29) is 5.97 Å². The Hall–Kier alpha value is -1.90. The number of esters is 1. The van der Waals surface area contributed by atoms with Crippen LogP contribution in [-0.2, 0) is 9.53 Å². The highest BCUT2D eigenvalue weighted by Crippen LogP contribution is 2.30.